The van der Waals surface area contributed by atoms with Gasteiger partial charge in [0.05, 0.1) is 24.0 Å². The smallest absolute Gasteiger partial charge is 0.347 e. The molecule has 5 nitrogen and oxygen atoms in total. The summed E-state index contributed by atoms with van der Waals surface area (Å²) in [6.07, 6.45) is 1.30. The van der Waals surface area contributed by atoms with E-state index in [1.54, 1.807) is 25.3 Å². The molecular weight excluding hydrogens is 276 g/mol. The van der Waals surface area contributed by atoms with Gasteiger partial charge in [-0.3, -0.25) is 0 Å². The number of aromatic carboxylic acids is 1. The van der Waals surface area contributed by atoms with Crippen molar-refractivity contribution in [2.75, 3.05) is 12.4 Å². The number of ether oxygens (including phenoxy) is 1. The number of carboxylic acids is 1. The maximum atomic E-state index is 10.7. The molecular formula is C11H9ClN2O3S. The van der Waals surface area contributed by atoms with Crippen LogP contribution in [0.5, 0.6) is 5.75 Å². The number of carbonyl (C=O) groups is 1. The minimum atomic E-state index is -1.00. The Morgan fingerprint density at radius 1 is 1.56 bits per heavy atom. The lowest BCUT2D eigenvalue weighted by Gasteiger charge is -2.07. The van der Waals surface area contributed by atoms with Crippen LogP contribution in [0.15, 0.2) is 24.4 Å². The van der Waals surface area contributed by atoms with Gasteiger partial charge in [0.2, 0.25) is 0 Å². The van der Waals surface area contributed by atoms with E-state index in [0.29, 0.717) is 21.6 Å². The summed E-state index contributed by atoms with van der Waals surface area (Å²) in [7, 11) is 1.55. The number of methoxy groups -OCH3 is 1. The van der Waals surface area contributed by atoms with E-state index in [4.69, 9.17) is 21.4 Å². The van der Waals surface area contributed by atoms with Crippen molar-refractivity contribution in [3.8, 4) is 5.75 Å². The van der Waals surface area contributed by atoms with E-state index in [-0.39, 0.29) is 4.88 Å². The largest absolute Gasteiger partial charge is 0.497 e. The number of hydrogen-bond acceptors (Lipinski definition) is 5. The number of nitrogens with zero attached hydrogens (tertiary/aromatic N) is 1. The highest BCUT2D eigenvalue weighted by molar-refractivity contribution is 7.17. The molecule has 2 N–H and O–H groups in total. The first-order chi connectivity index (χ1) is 8.60. The average molecular weight is 285 g/mol. The molecule has 0 aliphatic carbocycles. The molecule has 7 heteroatoms. The molecule has 0 atom stereocenters. The Hall–Kier alpha value is -1.79. The second-order valence-electron chi connectivity index (χ2n) is 3.31. The molecule has 0 radical (unpaired) electrons. The van der Waals surface area contributed by atoms with E-state index in [2.05, 4.69) is 10.3 Å². The van der Waals surface area contributed by atoms with Crippen molar-refractivity contribution in [1.29, 1.82) is 0 Å². The van der Waals surface area contributed by atoms with Gasteiger partial charge in [-0.2, -0.15) is 0 Å². The maximum Gasteiger partial charge on any atom is 0.347 e. The Balaban J connectivity index is 2.24. The van der Waals surface area contributed by atoms with Crippen molar-refractivity contribution in [2.24, 2.45) is 0 Å². The Morgan fingerprint density at radius 2 is 2.33 bits per heavy atom. The summed E-state index contributed by atoms with van der Waals surface area (Å²) in [5, 5.41) is 12.7. The molecule has 0 amide bonds. The lowest BCUT2D eigenvalue weighted by atomic mass is 10.3. The predicted molar refractivity (Wildman–Crippen MR) is 70.4 cm³/mol. The van der Waals surface area contributed by atoms with Gasteiger partial charge in [-0.15, -0.1) is 0 Å². The highest BCUT2D eigenvalue weighted by Crippen LogP contribution is 2.30. The number of rotatable bonds is 4. The lowest BCUT2D eigenvalue weighted by Crippen LogP contribution is -1.92. The van der Waals surface area contributed by atoms with Crippen LogP contribution in [0.1, 0.15) is 9.67 Å². The van der Waals surface area contributed by atoms with Crippen LogP contribution in [0.25, 0.3) is 0 Å². The van der Waals surface area contributed by atoms with Gasteiger partial charge in [0.25, 0.3) is 0 Å². The zero-order valence-corrected chi connectivity index (χ0v) is 10.9. The average Bonchev–Trinajstić information content (AvgIpc) is 2.81. The Morgan fingerprint density at radius 3 is 2.94 bits per heavy atom. The van der Waals surface area contributed by atoms with Gasteiger partial charge in [-0.25, -0.2) is 9.78 Å². The first kappa shape index (κ1) is 12.7. The predicted octanol–water partition coefficient (Wildman–Crippen LogP) is 3.25. The van der Waals surface area contributed by atoms with Crippen molar-refractivity contribution < 1.29 is 14.6 Å². The van der Waals surface area contributed by atoms with Gasteiger partial charge in [0, 0.05) is 6.07 Å². The summed E-state index contributed by atoms with van der Waals surface area (Å²) in [6, 6.07) is 5.14. The van der Waals surface area contributed by atoms with Crippen LogP contribution in [0, 0.1) is 0 Å². The fourth-order valence-corrected chi connectivity index (χ4v) is 2.11. The number of aromatic nitrogens is 1. The van der Waals surface area contributed by atoms with E-state index in [1.807, 2.05) is 0 Å². The topological polar surface area (TPSA) is 71.5 Å². The zero-order valence-electron chi connectivity index (χ0n) is 9.31. The molecule has 0 spiro atoms. The van der Waals surface area contributed by atoms with E-state index in [0.717, 1.165) is 11.3 Å². The molecule has 2 aromatic rings. The van der Waals surface area contributed by atoms with Crippen LogP contribution in [0.3, 0.4) is 0 Å². The molecule has 1 aromatic heterocycles. The summed E-state index contributed by atoms with van der Waals surface area (Å²) >= 11 is 7.05. The number of halogens is 1. The van der Waals surface area contributed by atoms with Gasteiger partial charge in [-0.05, 0) is 12.1 Å². The van der Waals surface area contributed by atoms with Crippen molar-refractivity contribution in [1.82, 2.24) is 4.98 Å². The van der Waals surface area contributed by atoms with Crippen LogP contribution >= 0.6 is 22.9 Å². The fraction of sp³-hybridized carbons (Fsp3) is 0.0909. The van der Waals surface area contributed by atoms with Crippen LogP contribution < -0.4 is 10.1 Å². The molecule has 1 heterocycles. The van der Waals surface area contributed by atoms with Crippen LogP contribution in [-0.4, -0.2) is 23.2 Å². The molecule has 0 unspecified atom stereocenters. The Labute approximate surface area is 112 Å². The van der Waals surface area contributed by atoms with Crippen LogP contribution in [-0.2, 0) is 0 Å². The second-order valence-corrected chi connectivity index (χ2v) is 4.74. The Bertz CT molecular complexity index is 585. The van der Waals surface area contributed by atoms with Gasteiger partial charge in [0.1, 0.15) is 10.6 Å². The number of anilines is 2. The third-order valence-electron chi connectivity index (χ3n) is 2.13. The highest BCUT2D eigenvalue weighted by Gasteiger charge is 2.10. The number of thiazole rings is 1. The molecule has 0 saturated carbocycles. The summed E-state index contributed by atoms with van der Waals surface area (Å²) in [5.41, 5.74) is 0.613. The molecule has 2 rings (SSSR count). The van der Waals surface area contributed by atoms with E-state index >= 15 is 0 Å². The highest BCUT2D eigenvalue weighted by atomic mass is 35.5. The van der Waals surface area contributed by atoms with Gasteiger partial charge in [0.15, 0.2) is 5.13 Å². The minimum absolute atomic E-state index is 0.163. The first-order valence-electron chi connectivity index (χ1n) is 4.90. The molecule has 0 aliphatic heterocycles. The number of hydrogen-bond donors (Lipinski definition) is 2. The van der Waals surface area contributed by atoms with Gasteiger partial charge >= 0.3 is 5.97 Å². The number of nitrogens with one attached hydrogen (secondary N) is 1. The van der Waals surface area contributed by atoms with Crippen molar-refractivity contribution >= 4 is 39.7 Å². The van der Waals surface area contributed by atoms with E-state index < -0.39 is 5.97 Å². The summed E-state index contributed by atoms with van der Waals surface area (Å²) in [5.74, 6) is -0.353. The molecule has 1 aromatic carbocycles. The molecule has 18 heavy (non-hydrogen) atoms. The third kappa shape index (κ3) is 2.72. The second kappa shape index (κ2) is 5.24. The summed E-state index contributed by atoms with van der Waals surface area (Å²) in [4.78, 5) is 14.9. The normalized spacial score (nSPS) is 10.1. The SMILES string of the molecule is COc1ccc(Cl)c(Nc2ncc(C(=O)O)s2)c1. The first-order valence-corrected chi connectivity index (χ1v) is 6.09. The summed E-state index contributed by atoms with van der Waals surface area (Å²) in [6.45, 7) is 0. The van der Waals surface area contributed by atoms with Crippen LogP contribution in [0.2, 0.25) is 5.02 Å². The van der Waals surface area contributed by atoms with Crippen molar-refractivity contribution in [3.05, 3.63) is 34.3 Å². The van der Waals surface area contributed by atoms with E-state index in [1.165, 1.54) is 6.20 Å². The van der Waals surface area contributed by atoms with Gasteiger partial charge < -0.3 is 15.2 Å². The molecule has 0 aliphatic rings. The quantitative estimate of drug-likeness (QED) is 0.902. The van der Waals surface area contributed by atoms with E-state index in [9.17, 15) is 4.79 Å². The van der Waals surface area contributed by atoms with Crippen molar-refractivity contribution in [2.45, 2.75) is 0 Å². The minimum Gasteiger partial charge on any atom is -0.497 e. The van der Waals surface area contributed by atoms with Crippen molar-refractivity contribution in [3.63, 3.8) is 0 Å². The molecule has 94 valence electrons. The summed E-state index contributed by atoms with van der Waals surface area (Å²) < 4.78 is 5.08. The van der Waals surface area contributed by atoms with Gasteiger partial charge in [-0.1, -0.05) is 22.9 Å². The monoisotopic (exact) mass is 284 g/mol. The number of carboxylic acid groups (broad SMARTS) is 1. The standard InChI is InChI=1S/C11H9ClN2O3S/c1-17-6-2-3-7(12)8(4-6)14-11-13-5-9(18-11)10(15)16/h2-5H,1H3,(H,13,14)(H,15,16). The molecule has 0 saturated heterocycles. The molecule has 0 bridgehead atoms. The lowest BCUT2D eigenvalue weighted by molar-refractivity contribution is 0.0702. The number of benzene rings is 1. The fourth-order valence-electron chi connectivity index (χ4n) is 1.27. The third-order valence-corrected chi connectivity index (χ3v) is 3.36. The van der Waals surface area contributed by atoms with Crippen LogP contribution in [0.4, 0.5) is 10.8 Å². The zero-order chi connectivity index (χ0) is 13.1. The molecule has 0 fully saturated rings. The maximum absolute atomic E-state index is 10.7. The Kier molecular flexibility index (Phi) is 3.69.